The predicted octanol–water partition coefficient (Wildman–Crippen LogP) is 3.30. The molecule has 0 aliphatic carbocycles. The summed E-state index contributed by atoms with van der Waals surface area (Å²) in [4.78, 5) is 21.2. The Balaban J connectivity index is 0.000000432. The van der Waals surface area contributed by atoms with Crippen molar-refractivity contribution in [2.24, 2.45) is 0 Å². The van der Waals surface area contributed by atoms with Crippen LogP contribution in [-0.2, 0) is 9.59 Å². The minimum atomic E-state index is -1.17. The van der Waals surface area contributed by atoms with E-state index in [0.29, 0.717) is 6.42 Å². The summed E-state index contributed by atoms with van der Waals surface area (Å²) in [6.07, 6.45) is 0.333. The van der Waals surface area contributed by atoms with Gasteiger partial charge in [0.25, 0.3) is 0 Å². The minimum absolute atomic E-state index is 0. The molecule has 2 aromatic rings. The summed E-state index contributed by atoms with van der Waals surface area (Å²) in [7, 11) is 0. The van der Waals surface area contributed by atoms with Crippen molar-refractivity contribution in [3.63, 3.8) is 0 Å². The lowest BCUT2D eigenvalue weighted by Crippen LogP contribution is -2.54. The zero-order chi connectivity index (χ0) is 17.5. The Morgan fingerprint density at radius 2 is 1.42 bits per heavy atom. The van der Waals surface area contributed by atoms with Gasteiger partial charge < -0.3 is 16.4 Å². The van der Waals surface area contributed by atoms with Crippen LogP contribution in [0.5, 0.6) is 0 Å². The molecule has 6 N–H and O–H groups in total. The number of nitrogens with one attached hydrogen (secondary N) is 1. The fourth-order valence-electron chi connectivity index (χ4n) is 1.99. The highest BCUT2D eigenvalue weighted by Crippen LogP contribution is 2.11. The van der Waals surface area contributed by atoms with E-state index < -0.39 is 23.5 Å². The van der Waals surface area contributed by atoms with Gasteiger partial charge in [-0.05, 0) is 31.0 Å². The van der Waals surface area contributed by atoms with Crippen LogP contribution in [0.1, 0.15) is 27.2 Å². The Labute approximate surface area is 142 Å². The molecular formula is C18H26N2O4. The second-order valence-corrected chi connectivity index (χ2v) is 5.54. The quantitative estimate of drug-likeness (QED) is 0.665. The van der Waals surface area contributed by atoms with Gasteiger partial charge in [-0.1, -0.05) is 55.5 Å². The van der Waals surface area contributed by atoms with Crippen LogP contribution in [-0.4, -0.2) is 33.7 Å². The number of carbonyl (C=O) groups is 2. The van der Waals surface area contributed by atoms with Gasteiger partial charge in [-0.2, -0.15) is 0 Å². The Bertz CT molecular complexity index is 609. The SMILES string of the molecule is CCC(C)(NC(C)C(=O)O)C(=O)O.N.c1ccc2ccccc2c1. The van der Waals surface area contributed by atoms with Crippen molar-refractivity contribution in [3.8, 4) is 0 Å². The van der Waals surface area contributed by atoms with Crippen LogP contribution in [0.4, 0.5) is 0 Å². The first-order chi connectivity index (χ1) is 10.8. The first-order valence-corrected chi connectivity index (χ1v) is 7.48. The van der Waals surface area contributed by atoms with E-state index in [1.165, 1.54) is 24.6 Å². The van der Waals surface area contributed by atoms with Crippen LogP contribution in [0.15, 0.2) is 48.5 Å². The largest absolute Gasteiger partial charge is 0.480 e. The molecule has 2 atom stereocenters. The molecule has 0 saturated carbocycles. The van der Waals surface area contributed by atoms with Gasteiger partial charge in [-0.25, -0.2) is 0 Å². The molecule has 0 fully saturated rings. The number of hydrogen-bond donors (Lipinski definition) is 4. The zero-order valence-electron chi connectivity index (χ0n) is 14.3. The normalized spacial score (nSPS) is 13.6. The van der Waals surface area contributed by atoms with Gasteiger partial charge in [0.15, 0.2) is 0 Å². The van der Waals surface area contributed by atoms with Gasteiger partial charge in [-0.15, -0.1) is 0 Å². The number of fused-ring (bicyclic) bond motifs is 1. The monoisotopic (exact) mass is 334 g/mol. The molecule has 6 heteroatoms. The van der Waals surface area contributed by atoms with Crippen LogP contribution in [0.25, 0.3) is 10.8 Å². The maximum atomic E-state index is 10.8. The maximum Gasteiger partial charge on any atom is 0.323 e. The molecule has 0 aliphatic heterocycles. The Morgan fingerprint density at radius 1 is 1.04 bits per heavy atom. The molecule has 2 aromatic carbocycles. The molecule has 0 bridgehead atoms. The maximum absolute atomic E-state index is 10.8. The second kappa shape index (κ2) is 9.64. The van der Waals surface area contributed by atoms with Gasteiger partial charge in [0.1, 0.15) is 11.6 Å². The molecule has 0 heterocycles. The number of rotatable bonds is 5. The topological polar surface area (TPSA) is 122 Å². The summed E-state index contributed by atoms with van der Waals surface area (Å²) < 4.78 is 0. The third kappa shape index (κ3) is 5.98. The van der Waals surface area contributed by atoms with Gasteiger partial charge in [-0.3, -0.25) is 14.9 Å². The highest BCUT2D eigenvalue weighted by atomic mass is 16.4. The van der Waals surface area contributed by atoms with Crippen LogP contribution in [0, 0.1) is 0 Å². The van der Waals surface area contributed by atoms with Gasteiger partial charge in [0.05, 0.1) is 0 Å². The van der Waals surface area contributed by atoms with Crippen LogP contribution in [0.2, 0.25) is 0 Å². The molecule has 132 valence electrons. The average molecular weight is 334 g/mol. The van der Waals surface area contributed by atoms with Crippen molar-refractivity contribution < 1.29 is 19.8 Å². The molecule has 0 amide bonds. The minimum Gasteiger partial charge on any atom is -0.480 e. The van der Waals surface area contributed by atoms with Gasteiger partial charge >= 0.3 is 11.9 Å². The molecule has 24 heavy (non-hydrogen) atoms. The first kappa shape index (κ1) is 21.6. The molecule has 0 saturated heterocycles. The Kier molecular flexibility index (Phi) is 8.66. The summed E-state index contributed by atoms with van der Waals surface area (Å²) in [5, 5.41) is 22.5. The van der Waals surface area contributed by atoms with E-state index in [4.69, 9.17) is 10.2 Å². The molecule has 0 aromatic heterocycles. The highest BCUT2D eigenvalue weighted by Gasteiger charge is 2.33. The molecule has 2 rings (SSSR count). The number of carboxylic acid groups (broad SMARTS) is 2. The molecule has 6 nitrogen and oxygen atoms in total. The molecule has 0 radical (unpaired) electrons. The van der Waals surface area contributed by atoms with E-state index in [1.54, 1.807) is 6.92 Å². The smallest absolute Gasteiger partial charge is 0.323 e. The zero-order valence-corrected chi connectivity index (χ0v) is 14.3. The van der Waals surface area contributed by atoms with E-state index in [-0.39, 0.29) is 6.15 Å². The molecular weight excluding hydrogens is 308 g/mol. The Morgan fingerprint density at radius 3 is 1.67 bits per heavy atom. The number of hydrogen-bond acceptors (Lipinski definition) is 4. The highest BCUT2D eigenvalue weighted by molar-refractivity contribution is 5.82. The lowest BCUT2D eigenvalue weighted by atomic mass is 9.98. The van der Waals surface area contributed by atoms with Gasteiger partial charge in [0.2, 0.25) is 0 Å². The van der Waals surface area contributed by atoms with E-state index >= 15 is 0 Å². The number of aliphatic carboxylic acids is 2. The van der Waals surface area contributed by atoms with Crippen molar-refractivity contribution in [1.29, 1.82) is 0 Å². The molecule has 0 spiro atoms. The Hall–Kier alpha value is -2.44. The van der Waals surface area contributed by atoms with Crippen molar-refractivity contribution in [2.75, 3.05) is 0 Å². The molecule has 2 unspecified atom stereocenters. The second-order valence-electron chi connectivity index (χ2n) is 5.54. The third-order valence-electron chi connectivity index (χ3n) is 3.74. The van der Waals surface area contributed by atoms with Crippen molar-refractivity contribution in [2.45, 2.75) is 38.8 Å². The lowest BCUT2D eigenvalue weighted by Gasteiger charge is -2.26. The van der Waals surface area contributed by atoms with Crippen molar-refractivity contribution >= 4 is 22.7 Å². The summed E-state index contributed by atoms with van der Waals surface area (Å²) >= 11 is 0. The van der Waals surface area contributed by atoms with E-state index in [0.717, 1.165) is 0 Å². The van der Waals surface area contributed by atoms with Crippen LogP contribution in [0.3, 0.4) is 0 Å². The van der Waals surface area contributed by atoms with Crippen molar-refractivity contribution in [3.05, 3.63) is 48.5 Å². The van der Waals surface area contributed by atoms with E-state index in [2.05, 4.69) is 53.8 Å². The fourth-order valence-corrected chi connectivity index (χ4v) is 1.99. The standard InChI is InChI=1S/C10H8.C8H15NO4.H3N/c1-2-6-10-8-4-3-7-9(10)5-1;1-4-8(3,7(12)13)9-5(2)6(10)11;/h1-8H;5,9H,4H2,1-3H3,(H,10,11)(H,12,13);1H3. The van der Waals surface area contributed by atoms with Crippen molar-refractivity contribution in [1.82, 2.24) is 11.5 Å². The lowest BCUT2D eigenvalue weighted by molar-refractivity contribution is -0.146. The summed E-state index contributed by atoms with van der Waals surface area (Å²) in [6, 6.07) is 15.9. The van der Waals surface area contributed by atoms with E-state index in [1.807, 2.05) is 0 Å². The van der Waals surface area contributed by atoms with Crippen LogP contribution < -0.4 is 11.5 Å². The summed E-state index contributed by atoms with van der Waals surface area (Å²) in [5.74, 6) is -2.09. The van der Waals surface area contributed by atoms with Crippen LogP contribution >= 0.6 is 0 Å². The summed E-state index contributed by atoms with van der Waals surface area (Å²) in [5.41, 5.74) is -1.17. The van der Waals surface area contributed by atoms with E-state index in [9.17, 15) is 9.59 Å². The fraction of sp³-hybridized carbons (Fsp3) is 0.333. The first-order valence-electron chi connectivity index (χ1n) is 7.48. The summed E-state index contributed by atoms with van der Waals surface area (Å²) in [6.45, 7) is 4.57. The number of carboxylic acids is 2. The average Bonchev–Trinajstić information content (AvgIpc) is 2.55. The number of benzene rings is 2. The third-order valence-corrected chi connectivity index (χ3v) is 3.74. The molecule has 0 aliphatic rings. The van der Waals surface area contributed by atoms with Gasteiger partial charge in [0, 0.05) is 0 Å². The predicted molar refractivity (Wildman–Crippen MR) is 95.5 cm³/mol.